The minimum absolute atomic E-state index is 0.0901. The maximum atomic E-state index is 12.7. The highest BCUT2D eigenvalue weighted by Gasteiger charge is 2.33. The molecule has 3 aromatic rings. The zero-order valence-corrected chi connectivity index (χ0v) is 16.9. The van der Waals surface area contributed by atoms with Crippen molar-refractivity contribution in [3.8, 4) is 11.8 Å². The number of carbonyl (C=O) groups excluding carboxylic acids is 1. The summed E-state index contributed by atoms with van der Waals surface area (Å²) >= 11 is 1.29. The van der Waals surface area contributed by atoms with Crippen LogP contribution in [0, 0.1) is 0 Å². The van der Waals surface area contributed by atoms with Crippen LogP contribution in [0.4, 0.5) is 18.3 Å². The quantitative estimate of drug-likeness (QED) is 0.310. The zero-order chi connectivity index (χ0) is 22.3. The number of anilines is 1. The smallest absolute Gasteiger partial charge is 0.433 e. The monoisotopic (exact) mass is 451 g/mol. The highest BCUT2D eigenvalue weighted by Crippen LogP contribution is 2.28. The van der Waals surface area contributed by atoms with Gasteiger partial charge in [-0.15, -0.1) is 11.3 Å². The number of alkyl halides is 3. The van der Waals surface area contributed by atoms with Crippen LogP contribution in [-0.2, 0) is 22.1 Å². The first-order valence-corrected chi connectivity index (χ1v) is 9.78. The Morgan fingerprint density at radius 1 is 1.23 bits per heavy atom. The van der Waals surface area contributed by atoms with Crippen molar-refractivity contribution in [1.82, 2.24) is 15.0 Å². The Hall–Kier alpha value is -3.54. The van der Waals surface area contributed by atoms with Gasteiger partial charge in [-0.1, -0.05) is 0 Å². The number of benzene rings is 1. The number of hydrazone groups is 1. The third-order valence-corrected chi connectivity index (χ3v) is 4.37. The summed E-state index contributed by atoms with van der Waals surface area (Å²) in [6, 6.07) is 6.77. The molecule has 0 radical (unpaired) electrons. The second kappa shape index (κ2) is 9.98. The van der Waals surface area contributed by atoms with Crippen molar-refractivity contribution in [2.24, 2.45) is 5.10 Å². The van der Waals surface area contributed by atoms with Crippen LogP contribution in [0.15, 0.2) is 47.0 Å². The highest BCUT2D eigenvalue weighted by molar-refractivity contribution is 7.13. The van der Waals surface area contributed by atoms with Crippen LogP contribution >= 0.6 is 11.3 Å². The highest BCUT2D eigenvalue weighted by atomic mass is 32.1. The summed E-state index contributed by atoms with van der Waals surface area (Å²) < 4.78 is 48.2. The van der Waals surface area contributed by atoms with E-state index in [2.05, 4.69) is 25.5 Å². The number of hydrogen-bond acceptors (Lipinski definition) is 9. The van der Waals surface area contributed by atoms with Gasteiger partial charge in [-0.25, -0.2) is 9.97 Å². The first kappa shape index (κ1) is 22.2. The molecule has 3 rings (SSSR count). The van der Waals surface area contributed by atoms with Gasteiger partial charge in [0.1, 0.15) is 5.75 Å². The molecule has 2 heterocycles. The van der Waals surface area contributed by atoms with E-state index >= 15 is 0 Å². The minimum Gasteiger partial charge on any atom is -0.466 e. The third-order valence-electron chi connectivity index (χ3n) is 3.57. The standard InChI is InChI=1S/C19H16F3N5O3S/c1-2-29-16(28)9-13-11-31-18(25-13)27-24-10-12-3-5-14(6-4-12)30-17-23-8-7-15(26-17)19(20,21)22/h3-8,10-11H,2,9H2,1H3,(H,25,27). The van der Waals surface area contributed by atoms with Crippen molar-refractivity contribution in [3.63, 3.8) is 0 Å². The molecule has 0 atom stereocenters. The molecule has 0 aliphatic carbocycles. The summed E-state index contributed by atoms with van der Waals surface area (Å²) in [6.45, 7) is 2.05. The van der Waals surface area contributed by atoms with Crippen LogP contribution in [0.5, 0.6) is 11.8 Å². The van der Waals surface area contributed by atoms with Gasteiger partial charge >= 0.3 is 18.2 Å². The van der Waals surface area contributed by atoms with E-state index < -0.39 is 17.9 Å². The molecule has 0 saturated heterocycles. The Morgan fingerprint density at radius 3 is 2.71 bits per heavy atom. The number of nitrogens with one attached hydrogen (secondary N) is 1. The van der Waals surface area contributed by atoms with Gasteiger partial charge < -0.3 is 9.47 Å². The van der Waals surface area contributed by atoms with Gasteiger partial charge in [-0.3, -0.25) is 10.2 Å². The number of halogens is 3. The summed E-state index contributed by atoms with van der Waals surface area (Å²) in [4.78, 5) is 22.7. The van der Waals surface area contributed by atoms with E-state index in [1.807, 2.05) is 0 Å². The summed E-state index contributed by atoms with van der Waals surface area (Å²) in [6.07, 6.45) is -1.98. The molecule has 2 aromatic heterocycles. The Bertz CT molecular complexity index is 1050. The van der Waals surface area contributed by atoms with Crippen molar-refractivity contribution in [2.75, 3.05) is 12.0 Å². The molecule has 1 N–H and O–H groups in total. The number of ether oxygens (including phenoxy) is 2. The largest absolute Gasteiger partial charge is 0.466 e. The van der Waals surface area contributed by atoms with Crippen molar-refractivity contribution in [1.29, 1.82) is 0 Å². The first-order valence-electron chi connectivity index (χ1n) is 8.90. The zero-order valence-electron chi connectivity index (χ0n) is 16.1. The second-order valence-electron chi connectivity index (χ2n) is 5.89. The van der Waals surface area contributed by atoms with Gasteiger partial charge in [0, 0.05) is 11.6 Å². The van der Waals surface area contributed by atoms with Gasteiger partial charge in [0.05, 0.1) is 24.9 Å². The Kier molecular flexibility index (Phi) is 7.13. The summed E-state index contributed by atoms with van der Waals surface area (Å²) in [7, 11) is 0. The van der Waals surface area contributed by atoms with Crippen LogP contribution < -0.4 is 10.2 Å². The fourth-order valence-corrected chi connectivity index (χ4v) is 2.90. The van der Waals surface area contributed by atoms with E-state index in [9.17, 15) is 18.0 Å². The number of rotatable bonds is 8. The van der Waals surface area contributed by atoms with E-state index in [4.69, 9.17) is 9.47 Å². The summed E-state index contributed by atoms with van der Waals surface area (Å²) in [5.41, 5.74) is 2.96. The maximum Gasteiger partial charge on any atom is 0.433 e. The van der Waals surface area contributed by atoms with Crippen molar-refractivity contribution in [3.05, 3.63) is 58.9 Å². The number of thiazole rings is 1. The van der Waals surface area contributed by atoms with E-state index in [0.29, 0.717) is 23.0 Å². The van der Waals surface area contributed by atoms with Crippen molar-refractivity contribution >= 4 is 28.7 Å². The van der Waals surface area contributed by atoms with E-state index in [1.54, 1.807) is 36.6 Å². The molecule has 0 amide bonds. The Balaban J connectivity index is 1.54. The number of esters is 1. The lowest BCUT2D eigenvalue weighted by Gasteiger charge is -2.07. The summed E-state index contributed by atoms with van der Waals surface area (Å²) in [5.74, 6) is -0.0753. The van der Waals surface area contributed by atoms with Gasteiger partial charge in [-0.05, 0) is 42.8 Å². The third kappa shape index (κ3) is 6.74. The molecule has 0 aliphatic rings. The predicted octanol–water partition coefficient (Wildman–Crippen LogP) is 4.30. The van der Waals surface area contributed by atoms with E-state index in [-0.39, 0.29) is 18.1 Å². The molecule has 0 bridgehead atoms. The van der Waals surface area contributed by atoms with E-state index in [1.165, 1.54) is 17.6 Å². The van der Waals surface area contributed by atoms with Crippen LogP contribution in [0.25, 0.3) is 0 Å². The lowest BCUT2D eigenvalue weighted by Crippen LogP contribution is -2.08. The van der Waals surface area contributed by atoms with Crippen molar-refractivity contribution in [2.45, 2.75) is 19.5 Å². The molecular weight excluding hydrogens is 435 g/mol. The molecule has 8 nitrogen and oxygen atoms in total. The Labute approximate surface area is 178 Å². The number of aromatic nitrogens is 3. The van der Waals surface area contributed by atoms with Crippen molar-refractivity contribution < 1.29 is 27.4 Å². The molecule has 12 heteroatoms. The lowest BCUT2D eigenvalue weighted by molar-refractivity contribution is -0.142. The molecule has 162 valence electrons. The molecular formula is C19H16F3N5O3S. The number of nitrogens with zero attached hydrogens (tertiary/aromatic N) is 4. The van der Waals surface area contributed by atoms with Crippen LogP contribution in [0.1, 0.15) is 23.9 Å². The number of carbonyl (C=O) groups is 1. The fraction of sp³-hybridized carbons (Fsp3) is 0.211. The van der Waals surface area contributed by atoms with Crippen LogP contribution in [0.2, 0.25) is 0 Å². The average molecular weight is 451 g/mol. The molecule has 1 aromatic carbocycles. The molecule has 0 fully saturated rings. The molecule has 0 spiro atoms. The normalized spacial score (nSPS) is 11.5. The SMILES string of the molecule is CCOC(=O)Cc1csc(NN=Cc2ccc(Oc3nccc(C(F)(F)F)n3)cc2)n1. The molecule has 0 saturated carbocycles. The van der Waals surface area contributed by atoms with Gasteiger partial charge in [0.25, 0.3) is 0 Å². The number of hydrogen-bond donors (Lipinski definition) is 1. The minimum atomic E-state index is -4.58. The summed E-state index contributed by atoms with van der Waals surface area (Å²) in [5, 5.41) is 6.30. The molecule has 0 aliphatic heterocycles. The van der Waals surface area contributed by atoms with Gasteiger partial charge in [0.15, 0.2) is 5.69 Å². The van der Waals surface area contributed by atoms with Crippen LogP contribution in [-0.4, -0.2) is 33.7 Å². The lowest BCUT2D eigenvalue weighted by atomic mass is 10.2. The van der Waals surface area contributed by atoms with Gasteiger partial charge in [-0.2, -0.15) is 23.3 Å². The van der Waals surface area contributed by atoms with Crippen LogP contribution in [0.3, 0.4) is 0 Å². The second-order valence-corrected chi connectivity index (χ2v) is 6.75. The Morgan fingerprint density at radius 2 is 2.00 bits per heavy atom. The van der Waals surface area contributed by atoms with E-state index in [0.717, 1.165) is 12.3 Å². The predicted molar refractivity (Wildman–Crippen MR) is 107 cm³/mol. The topological polar surface area (TPSA) is 98.6 Å². The molecule has 31 heavy (non-hydrogen) atoms. The maximum absolute atomic E-state index is 12.7. The first-order chi connectivity index (χ1) is 14.8. The average Bonchev–Trinajstić information content (AvgIpc) is 3.16. The fourth-order valence-electron chi connectivity index (χ4n) is 2.24. The molecule has 0 unspecified atom stereocenters. The van der Waals surface area contributed by atoms with Gasteiger partial charge in [0.2, 0.25) is 5.13 Å².